The highest BCUT2D eigenvalue weighted by Gasteiger charge is 2.23. The lowest BCUT2D eigenvalue weighted by Gasteiger charge is -2.06. The lowest BCUT2D eigenvalue weighted by atomic mass is 10.3. The number of nitrogens with zero attached hydrogens (tertiary/aromatic N) is 1. The fourth-order valence-corrected chi connectivity index (χ4v) is 0.757. The van der Waals surface area contributed by atoms with Crippen molar-refractivity contribution in [3.63, 3.8) is 0 Å². The molecule has 11 heavy (non-hydrogen) atoms. The van der Waals surface area contributed by atoms with Gasteiger partial charge >= 0.3 is 6.09 Å². The van der Waals surface area contributed by atoms with Crippen LogP contribution in [-0.4, -0.2) is 31.2 Å². The zero-order valence-electron chi connectivity index (χ0n) is 6.16. The van der Waals surface area contributed by atoms with Crippen LogP contribution in [0.4, 0.5) is 4.79 Å². The van der Waals surface area contributed by atoms with E-state index in [1.165, 1.54) is 6.92 Å². The first-order valence-electron chi connectivity index (χ1n) is 3.31. The standard InChI is InChI=1S/C6H9N2O3/c1-4(9)7-2-5-3-8-6(10)11-5/h5H,2-3H2,1H3,(H,7,9)/t5-/m1/s1. The van der Waals surface area contributed by atoms with Crippen molar-refractivity contribution >= 4 is 12.0 Å². The van der Waals surface area contributed by atoms with Crippen LogP contribution in [0.2, 0.25) is 0 Å². The van der Waals surface area contributed by atoms with Crippen molar-refractivity contribution < 1.29 is 14.3 Å². The summed E-state index contributed by atoms with van der Waals surface area (Å²) in [5, 5.41) is 6.01. The number of hydrogen-bond acceptors (Lipinski definition) is 3. The van der Waals surface area contributed by atoms with Gasteiger partial charge < -0.3 is 10.1 Å². The number of nitrogens with one attached hydrogen (secondary N) is 1. The largest absolute Gasteiger partial charge is 0.441 e. The van der Waals surface area contributed by atoms with Gasteiger partial charge in [0.05, 0.1) is 13.1 Å². The molecule has 1 N–H and O–H groups in total. The predicted octanol–water partition coefficient (Wildman–Crippen LogP) is -0.754. The molecule has 1 rings (SSSR count). The van der Waals surface area contributed by atoms with Crippen LogP contribution in [0.1, 0.15) is 6.92 Å². The molecule has 0 bridgehead atoms. The second-order valence-electron chi connectivity index (χ2n) is 2.28. The van der Waals surface area contributed by atoms with Gasteiger partial charge in [-0.2, -0.15) is 0 Å². The van der Waals surface area contributed by atoms with Crippen molar-refractivity contribution in [1.29, 1.82) is 0 Å². The van der Waals surface area contributed by atoms with E-state index in [0.29, 0.717) is 13.1 Å². The molecule has 1 radical (unpaired) electrons. The molecule has 0 saturated carbocycles. The van der Waals surface area contributed by atoms with Crippen LogP contribution in [0, 0.1) is 0 Å². The second kappa shape index (κ2) is 3.23. The van der Waals surface area contributed by atoms with Gasteiger partial charge in [-0.15, -0.1) is 0 Å². The SMILES string of the molecule is CC(=O)NC[C@@H]1C[N]C(=O)O1. The summed E-state index contributed by atoms with van der Waals surface area (Å²) in [6.07, 6.45) is -0.813. The van der Waals surface area contributed by atoms with Gasteiger partial charge in [-0.05, 0) is 0 Å². The molecule has 0 aliphatic carbocycles. The second-order valence-corrected chi connectivity index (χ2v) is 2.28. The third kappa shape index (κ3) is 2.45. The highest BCUT2D eigenvalue weighted by molar-refractivity contribution is 5.73. The number of hydrogen-bond donors (Lipinski definition) is 1. The fourth-order valence-electron chi connectivity index (χ4n) is 0.757. The maximum atomic E-state index is 10.4. The van der Waals surface area contributed by atoms with Gasteiger partial charge in [0.15, 0.2) is 0 Å². The quantitative estimate of drug-likeness (QED) is 0.573. The molecule has 1 fully saturated rings. The van der Waals surface area contributed by atoms with Crippen LogP contribution in [-0.2, 0) is 9.53 Å². The van der Waals surface area contributed by atoms with Crippen LogP contribution in [0.5, 0.6) is 0 Å². The number of amides is 2. The number of ether oxygens (including phenoxy) is 1. The summed E-state index contributed by atoms with van der Waals surface area (Å²) in [5.74, 6) is -0.132. The lowest BCUT2D eigenvalue weighted by molar-refractivity contribution is -0.119. The molecule has 0 unspecified atom stereocenters. The Kier molecular flexibility index (Phi) is 2.30. The first-order valence-corrected chi connectivity index (χ1v) is 3.31. The Bertz CT molecular complexity index is 181. The topological polar surface area (TPSA) is 69.5 Å². The van der Waals surface area contributed by atoms with Crippen LogP contribution < -0.4 is 10.6 Å². The van der Waals surface area contributed by atoms with E-state index in [2.05, 4.69) is 10.6 Å². The Morgan fingerprint density at radius 1 is 1.91 bits per heavy atom. The summed E-state index contributed by atoms with van der Waals surface area (Å²) in [6.45, 7) is 2.11. The van der Waals surface area contributed by atoms with Gasteiger partial charge in [-0.25, -0.2) is 10.1 Å². The zero-order chi connectivity index (χ0) is 8.27. The summed E-state index contributed by atoms with van der Waals surface area (Å²) >= 11 is 0. The summed E-state index contributed by atoms with van der Waals surface area (Å²) in [7, 11) is 0. The van der Waals surface area contributed by atoms with Crippen molar-refractivity contribution in [2.75, 3.05) is 13.1 Å². The molecule has 5 nitrogen and oxygen atoms in total. The number of rotatable bonds is 2. The normalized spacial score (nSPS) is 22.3. The monoisotopic (exact) mass is 157 g/mol. The van der Waals surface area contributed by atoms with Gasteiger partial charge in [0.2, 0.25) is 5.91 Å². The van der Waals surface area contributed by atoms with Gasteiger partial charge in [0.25, 0.3) is 0 Å². The highest BCUT2D eigenvalue weighted by Crippen LogP contribution is 1.99. The molecule has 2 amide bonds. The molecule has 61 valence electrons. The Morgan fingerprint density at radius 3 is 3.09 bits per heavy atom. The lowest BCUT2D eigenvalue weighted by Crippen LogP contribution is -2.31. The summed E-state index contributed by atoms with van der Waals surface area (Å²) < 4.78 is 4.69. The maximum Gasteiger partial charge on any atom is 0.429 e. The smallest absolute Gasteiger partial charge is 0.429 e. The van der Waals surface area contributed by atoms with Gasteiger partial charge in [-0.3, -0.25) is 4.79 Å². The first-order chi connectivity index (χ1) is 5.18. The van der Waals surface area contributed by atoms with Gasteiger partial charge in [-0.1, -0.05) is 0 Å². The molecular formula is C6H9N2O3. The predicted molar refractivity (Wildman–Crippen MR) is 36.0 cm³/mol. The minimum absolute atomic E-state index is 0.132. The molecular weight excluding hydrogens is 148 g/mol. The van der Waals surface area contributed by atoms with Crippen molar-refractivity contribution in [1.82, 2.24) is 10.6 Å². The molecule has 1 aliphatic rings. The van der Waals surface area contributed by atoms with Crippen molar-refractivity contribution in [3.8, 4) is 0 Å². The Balaban J connectivity index is 2.18. The van der Waals surface area contributed by atoms with Crippen molar-refractivity contribution in [2.24, 2.45) is 0 Å². The summed E-state index contributed by atoms with van der Waals surface area (Å²) in [5.41, 5.74) is 0. The zero-order valence-corrected chi connectivity index (χ0v) is 6.16. The third-order valence-electron chi connectivity index (χ3n) is 1.27. The number of carbonyl (C=O) groups excluding carboxylic acids is 2. The van der Waals surface area contributed by atoms with Crippen LogP contribution in [0.25, 0.3) is 0 Å². The molecule has 0 aromatic heterocycles. The Morgan fingerprint density at radius 2 is 2.64 bits per heavy atom. The summed E-state index contributed by atoms with van der Waals surface area (Å²) in [6, 6.07) is 0. The average Bonchev–Trinajstić information content (AvgIpc) is 2.31. The van der Waals surface area contributed by atoms with E-state index in [9.17, 15) is 9.59 Å². The van der Waals surface area contributed by atoms with Crippen LogP contribution in [0.3, 0.4) is 0 Å². The van der Waals surface area contributed by atoms with Gasteiger partial charge in [0.1, 0.15) is 6.10 Å². The minimum Gasteiger partial charge on any atom is -0.441 e. The number of carbonyl (C=O) groups is 2. The van der Waals surface area contributed by atoms with Crippen LogP contribution >= 0.6 is 0 Å². The summed E-state index contributed by atoms with van der Waals surface area (Å²) in [4.78, 5) is 20.8. The van der Waals surface area contributed by atoms with Crippen molar-refractivity contribution in [2.45, 2.75) is 13.0 Å². The highest BCUT2D eigenvalue weighted by atomic mass is 16.6. The maximum absolute atomic E-state index is 10.4. The molecule has 1 aliphatic heterocycles. The van der Waals surface area contributed by atoms with E-state index in [4.69, 9.17) is 4.74 Å². The van der Waals surface area contributed by atoms with E-state index in [1.807, 2.05) is 0 Å². The Labute approximate surface area is 64.1 Å². The molecule has 0 aromatic rings. The molecule has 0 spiro atoms. The average molecular weight is 157 g/mol. The fraction of sp³-hybridized carbons (Fsp3) is 0.667. The van der Waals surface area contributed by atoms with E-state index >= 15 is 0 Å². The van der Waals surface area contributed by atoms with Crippen molar-refractivity contribution in [3.05, 3.63) is 0 Å². The first kappa shape index (κ1) is 7.84. The Hall–Kier alpha value is -1.26. The number of cyclic esters (lactones) is 1. The van der Waals surface area contributed by atoms with Crippen LogP contribution in [0.15, 0.2) is 0 Å². The van der Waals surface area contributed by atoms with E-state index < -0.39 is 6.09 Å². The molecule has 1 heterocycles. The van der Waals surface area contributed by atoms with E-state index in [1.54, 1.807) is 0 Å². The molecule has 0 aromatic carbocycles. The minimum atomic E-state index is -0.541. The van der Waals surface area contributed by atoms with Gasteiger partial charge in [0, 0.05) is 6.92 Å². The third-order valence-corrected chi connectivity index (χ3v) is 1.27. The van der Waals surface area contributed by atoms with E-state index in [0.717, 1.165) is 0 Å². The van der Waals surface area contributed by atoms with E-state index in [-0.39, 0.29) is 12.0 Å². The molecule has 1 atom stereocenters. The molecule has 5 heteroatoms. The molecule has 1 saturated heterocycles.